The van der Waals surface area contributed by atoms with E-state index in [1.54, 1.807) is 0 Å². The molecule has 0 aliphatic carbocycles. The maximum Gasteiger partial charge on any atom is 0.120 e. The van der Waals surface area contributed by atoms with Crippen LogP contribution in [0.5, 0.6) is 5.75 Å². The topological polar surface area (TPSA) is 9.23 Å². The van der Waals surface area contributed by atoms with Gasteiger partial charge in [-0.25, -0.2) is 0 Å². The summed E-state index contributed by atoms with van der Waals surface area (Å²) in [6.45, 7) is 0.560. The zero-order chi connectivity index (χ0) is 13.0. The van der Waals surface area contributed by atoms with Crippen LogP contribution in [-0.2, 0) is 11.9 Å². The van der Waals surface area contributed by atoms with Gasteiger partial charge in [0.1, 0.15) is 12.4 Å². The van der Waals surface area contributed by atoms with Gasteiger partial charge >= 0.3 is 0 Å². The van der Waals surface area contributed by atoms with Crippen LogP contribution in [0.4, 0.5) is 0 Å². The van der Waals surface area contributed by atoms with Crippen LogP contribution in [0.3, 0.4) is 0 Å². The number of benzene rings is 2. The van der Waals surface area contributed by atoms with E-state index in [-0.39, 0.29) is 0 Å². The first-order valence-corrected chi connectivity index (χ1v) is 8.12. The highest BCUT2D eigenvalue weighted by atomic mass is 79.9. The summed E-state index contributed by atoms with van der Waals surface area (Å²) in [5.41, 5.74) is 2.32. The van der Waals surface area contributed by atoms with E-state index in [1.165, 1.54) is 5.56 Å². The van der Waals surface area contributed by atoms with Gasteiger partial charge in [-0.15, -0.1) is 0 Å². The van der Waals surface area contributed by atoms with Gasteiger partial charge in [0, 0.05) is 19.8 Å². The van der Waals surface area contributed by atoms with Gasteiger partial charge in [0.25, 0.3) is 0 Å². The zero-order valence-electron chi connectivity index (χ0n) is 9.50. The average molecular weight is 435 g/mol. The Kier molecular flexibility index (Phi) is 5.27. The van der Waals surface area contributed by atoms with Crippen molar-refractivity contribution in [3.05, 3.63) is 62.5 Å². The van der Waals surface area contributed by atoms with Crippen molar-refractivity contribution < 1.29 is 4.74 Å². The molecular formula is C14H11Br3O. The highest BCUT2D eigenvalue weighted by Crippen LogP contribution is 2.25. The number of rotatable bonds is 4. The van der Waals surface area contributed by atoms with Crippen LogP contribution in [-0.4, -0.2) is 0 Å². The third-order valence-corrected chi connectivity index (χ3v) is 4.66. The molecule has 2 aromatic carbocycles. The van der Waals surface area contributed by atoms with Gasteiger partial charge in [0.2, 0.25) is 0 Å². The lowest BCUT2D eigenvalue weighted by atomic mass is 10.2. The van der Waals surface area contributed by atoms with Gasteiger partial charge in [-0.05, 0) is 29.8 Å². The Morgan fingerprint density at radius 1 is 0.889 bits per heavy atom. The standard InChI is InChI=1S/C14H11Br3O/c15-8-11-7-12(5-6-14(11)17)18-9-10-3-1-2-4-13(10)16/h1-7H,8-9H2. The number of alkyl halides is 1. The molecule has 0 aliphatic rings. The lowest BCUT2D eigenvalue weighted by Gasteiger charge is -2.09. The van der Waals surface area contributed by atoms with Gasteiger partial charge in [-0.3, -0.25) is 0 Å². The van der Waals surface area contributed by atoms with Crippen LogP contribution >= 0.6 is 47.8 Å². The largest absolute Gasteiger partial charge is 0.489 e. The molecule has 0 spiro atoms. The van der Waals surface area contributed by atoms with Crippen molar-refractivity contribution in [2.24, 2.45) is 0 Å². The fourth-order valence-electron chi connectivity index (χ4n) is 1.52. The van der Waals surface area contributed by atoms with E-state index in [1.807, 2.05) is 42.5 Å². The van der Waals surface area contributed by atoms with Crippen LogP contribution in [0.25, 0.3) is 0 Å². The lowest BCUT2D eigenvalue weighted by molar-refractivity contribution is 0.305. The molecule has 2 aromatic rings. The third-order valence-electron chi connectivity index (χ3n) is 2.51. The van der Waals surface area contributed by atoms with Gasteiger partial charge in [0.05, 0.1) is 0 Å². The minimum absolute atomic E-state index is 0.560. The van der Waals surface area contributed by atoms with Gasteiger partial charge < -0.3 is 4.74 Å². The van der Waals surface area contributed by atoms with Crippen molar-refractivity contribution in [3.8, 4) is 5.75 Å². The summed E-state index contributed by atoms with van der Waals surface area (Å²) in [7, 11) is 0. The maximum absolute atomic E-state index is 5.80. The highest BCUT2D eigenvalue weighted by Gasteiger charge is 2.03. The van der Waals surface area contributed by atoms with E-state index in [0.717, 1.165) is 25.6 Å². The number of hydrogen-bond acceptors (Lipinski definition) is 1. The summed E-state index contributed by atoms with van der Waals surface area (Å²) >= 11 is 10.5. The maximum atomic E-state index is 5.80. The average Bonchev–Trinajstić information content (AvgIpc) is 2.39. The van der Waals surface area contributed by atoms with Crippen LogP contribution in [0.2, 0.25) is 0 Å². The molecule has 0 saturated carbocycles. The fourth-order valence-corrected chi connectivity index (χ4v) is 3.15. The molecule has 18 heavy (non-hydrogen) atoms. The molecule has 4 heteroatoms. The molecule has 1 nitrogen and oxygen atoms in total. The van der Waals surface area contributed by atoms with Gasteiger partial charge in [-0.2, -0.15) is 0 Å². The first kappa shape index (κ1) is 14.1. The molecule has 2 rings (SSSR count). The molecule has 0 atom stereocenters. The summed E-state index contributed by atoms with van der Waals surface area (Å²) in [5.74, 6) is 0.878. The summed E-state index contributed by atoms with van der Waals surface area (Å²) in [5, 5.41) is 0.805. The molecule has 0 heterocycles. The van der Waals surface area contributed by atoms with E-state index in [0.29, 0.717) is 6.61 Å². The van der Waals surface area contributed by atoms with E-state index in [4.69, 9.17) is 4.74 Å². The Balaban J connectivity index is 2.09. The fraction of sp³-hybridized carbons (Fsp3) is 0.143. The minimum atomic E-state index is 0.560. The summed E-state index contributed by atoms with van der Waals surface area (Å²) in [6.07, 6.45) is 0. The lowest BCUT2D eigenvalue weighted by Crippen LogP contribution is -1.96. The smallest absolute Gasteiger partial charge is 0.120 e. The first-order chi connectivity index (χ1) is 8.70. The Morgan fingerprint density at radius 3 is 2.33 bits per heavy atom. The van der Waals surface area contributed by atoms with Crippen molar-refractivity contribution in [1.29, 1.82) is 0 Å². The van der Waals surface area contributed by atoms with Crippen molar-refractivity contribution in [1.82, 2.24) is 0 Å². The highest BCUT2D eigenvalue weighted by molar-refractivity contribution is 9.11. The van der Waals surface area contributed by atoms with Gasteiger partial charge in [-0.1, -0.05) is 66.0 Å². The zero-order valence-corrected chi connectivity index (χ0v) is 14.3. The van der Waals surface area contributed by atoms with Crippen LogP contribution in [0.15, 0.2) is 51.4 Å². The molecule has 0 amide bonds. The SMILES string of the molecule is BrCc1cc(OCc2ccccc2Br)ccc1Br. The molecule has 0 saturated heterocycles. The quantitative estimate of drug-likeness (QED) is 0.562. The summed E-state index contributed by atoms with van der Waals surface area (Å²) < 4.78 is 7.96. The predicted molar refractivity (Wildman–Crippen MR) is 85.2 cm³/mol. The summed E-state index contributed by atoms with van der Waals surface area (Å²) in [6, 6.07) is 14.1. The number of halogens is 3. The molecule has 0 aliphatic heterocycles. The van der Waals surface area contributed by atoms with Crippen LogP contribution < -0.4 is 4.74 Å². The van der Waals surface area contributed by atoms with E-state index in [9.17, 15) is 0 Å². The van der Waals surface area contributed by atoms with E-state index >= 15 is 0 Å². The molecule has 0 unspecified atom stereocenters. The molecule has 0 bridgehead atoms. The van der Waals surface area contributed by atoms with E-state index < -0.39 is 0 Å². The number of hydrogen-bond donors (Lipinski definition) is 0. The van der Waals surface area contributed by atoms with Gasteiger partial charge in [0.15, 0.2) is 0 Å². The summed E-state index contributed by atoms with van der Waals surface area (Å²) in [4.78, 5) is 0. The number of ether oxygens (including phenoxy) is 1. The Morgan fingerprint density at radius 2 is 1.61 bits per heavy atom. The molecule has 0 aromatic heterocycles. The second-order valence-corrected chi connectivity index (χ2v) is 6.04. The molecule has 0 radical (unpaired) electrons. The van der Waals surface area contributed by atoms with Crippen LogP contribution in [0, 0.1) is 0 Å². The van der Waals surface area contributed by atoms with Crippen molar-refractivity contribution in [2.45, 2.75) is 11.9 Å². The predicted octanol–water partition coefficient (Wildman–Crippen LogP) is 5.69. The Bertz CT molecular complexity index is 540. The third kappa shape index (κ3) is 3.59. The van der Waals surface area contributed by atoms with Crippen molar-refractivity contribution >= 4 is 47.8 Å². The Labute approximate surface area is 132 Å². The second kappa shape index (κ2) is 6.73. The first-order valence-electron chi connectivity index (χ1n) is 5.41. The normalized spacial score (nSPS) is 10.4. The monoisotopic (exact) mass is 432 g/mol. The van der Waals surface area contributed by atoms with Crippen LogP contribution in [0.1, 0.15) is 11.1 Å². The molecular weight excluding hydrogens is 424 g/mol. The van der Waals surface area contributed by atoms with Crippen molar-refractivity contribution in [2.75, 3.05) is 0 Å². The molecule has 0 fully saturated rings. The molecule has 0 N–H and O–H groups in total. The minimum Gasteiger partial charge on any atom is -0.489 e. The Hall–Kier alpha value is -0.320. The second-order valence-electron chi connectivity index (χ2n) is 3.77. The molecule has 94 valence electrons. The van der Waals surface area contributed by atoms with E-state index in [2.05, 4.69) is 47.8 Å². The van der Waals surface area contributed by atoms with Crippen molar-refractivity contribution in [3.63, 3.8) is 0 Å².